The second-order valence-corrected chi connectivity index (χ2v) is 5.10. The first-order valence-corrected chi connectivity index (χ1v) is 6.01. The minimum atomic E-state index is -0.733. The van der Waals surface area contributed by atoms with Crippen LogP contribution in [0.1, 0.15) is 37.3 Å². The lowest BCUT2D eigenvalue weighted by Gasteiger charge is -2.14. The van der Waals surface area contributed by atoms with Gasteiger partial charge < -0.3 is 10.2 Å². The molecular formula is C14H18O3. The third-order valence-electron chi connectivity index (χ3n) is 3.41. The number of aliphatic hydroxyl groups is 1. The fourth-order valence-corrected chi connectivity index (χ4v) is 2.38. The highest BCUT2D eigenvalue weighted by Crippen LogP contribution is 2.51. The first-order chi connectivity index (χ1) is 8.02. The summed E-state index contributed by atoms with van der Waals surface area (Å²) in [6, 6.07) is 7.98. The minimum absolute atomic E-state index is 0.138. The third kappa shape index (κ3) is 2.86. The van der Waals surface area contributed by atoms with Crippen LogP contribution < -0.4 is 0 Å². The van der Waals surface area contributed by atoms with Gasteiger partial charge in [-0.05, 0) is 37.3 Å². The number of carbonyl (C=O) groups is 1. The topological polar surface area (TPSA) is 57.5 Å². The average Bonchev–Trinajstić information content (AvgIpc) is 2.97. The van der Waals surface area contributed by atoms with Crippen molar-refractivity contribution < 1.29 is 15.0 Å². The van der Waals surface area contributed by atoms with Crippen molar-refractivity contribution in [2.24, 2.45) is 0 Å². The van der Waals surface area contributed by atoms with Gasteiger partial charge in [-0.3, -0.25) is 4.79 Å². The molecule has 0 amide bonds. The van der Waals surface area contributed by atoms with Gasteiger partial charge in [-0.25, -0.2) is 0 Å². The highest BCUT2D eigenvalue weighted by Gasteiger charge is 2.45. The Kier molecular flexibility index (Phi) is 3.20. The zero-order valence-electron chi connectivity index (χ0n) is 10.0. The second kappa shape index (κ2) is 4.49. The van der Waals surface area contributed by atoms with Gasteiger partial charge in [0.1, 0.15) is 0 Å². The SMILES string of the molecule is CC(O)Cc1cccc(C2(CC(=O)O)CC2)c1. The van der Waals surface area contributed by atoms with Gasteiger partial charge in [-0.2, -0.15) is 0 Å². The van der Waals surface area contributed by atoms with Crippen LogP contribution in [0.5, 0.6) is 0 Å². The molecule has 0 saturated heterocycles. The van der Waals surface area contributed by atoms with E-state index in [1.165, 1.54) is 0 Å². The number of aliphatic hydroxyl groups excluding tert-OH is 1. The molecule has 1 atom stereocenters. The molecule has 0 heterocycles. The van der Waals surface area contributed by atoms with Crippen molar-refractivity contribution in [3.8, 4) is 0 Å². The van der Waals surface area contributed by atoms with Gasteiger partial charge in [0, 0.05) is 5.41 Å². The smallest absolute Gasteiger partial charge is 0.304 e. The molecule has 1 saturated carbocycles. The summed E-state index contributed by atoms with van der Waals surface area (Å²) in [4.78, 5) is 10.9. The van der Waals surface area contributed by atoms with E-state index in [0.29, 0.717) is 6.42 Å². The first kappa shape index (κ1) is 12.1. The zero-order valence-corrected chi connectivity index (χ0v) is 10.0. The lowest BCUT2D eigenvalue weighted by molar-refractivity contribution is -0.137. The Morgan fingerprint density at radius 2 is 2.18 bits per heavy atom. The molecule has 0 bridgehead atoms. The maximum Gasteiger partial charge on any atom is 0.304 e. The summed E-state index contributed by atoms with van der Waals surface area (Å²) in [5, 5.41) is 18.3. The van der Waals surface area contributed by atoms with Crippen LogP contribution in [-0.4, -0.2) is 22.3 Å². The molecule has 1 unspecified atom stereocenters. The molecule has 17 heavy (non-hydrogen) atoms. The van der Waals surface area contributed by atoms with Gasteiger partial charge >= 0.3 is 5.97 Å². The van der Waals surface area contributed by atoms with Crippen LogP contribution in [0, 0.1) is 0 Å². The van der Waals surface area contributed by atoms with Crippen LogP contribution in [0.2, 0.25) is 0 Å². The Bertz CT molecular complexity index is 419. The predicted molar refractivity (Wildman–Crippen MR) is 65.0 cm³/mol. The highest BCUT2D eigenvalue weighted by molar-refractivity contribution is 5.70. The summed E-state index contributed by atoms with van der Waals surface area (Å²) in [6.45, 7) is 1.76. The number of carboxylic acid groups (broad SMARTS) is 1. The number of rotatable bonds is 5. The highest BCUT2D eigenvalue weighted by atomic mass is 16.4. The maximum absolute atomic E-state index is 10.9. The molecule has 1 aromatic carbocycles. The van der Waals surface area contributed by atoms with E-state index in [9.17, 15) is 9.90 Å². The van der Waals surface area contributed by atoms with Gasteiger partial charge in [0.15, 0.2) is 0 Å². The van der Waals surface area contributed by atoms with E-state index in [-0.39, 0.29) is 17.9 Å². The van der Waals surface area contributed by atoms with E-state index < -0.39 is 5.97 Å². The van der Waals surface area contributed by atoms with E-state index in [1.54, 1.807) is 6.92 Å². The summed E-state index contributed by atoms with van der Waals surface area (Å²) in [6.07, 6.45) is 2.39. The molecule has 0 spiro atoms. The van der Waals surface area contributed by atoms with Crippen LogP contribution in [0.3, 0.4) is 0 Å². The van der Waals surface area contributed by atoms with Crippen LogP contribution in [0.25, 0.3) is 0 Å². The molecule has 0 aromatic heterocycles. The summed E-state index contributed by atoms with van der Waals surface area (Å²) in [7, 11) is 0. The van der Waals surface area contributed by atoms with Crippen molar-refractivity contribution in [3.05, 3.63) is 35.4 Å². The van der Waals surface area contributed by atoms with Crippen LogP contribution in [0.15, 0.2) is 24.3 Å². The molecule has 3 nitrogen and oxygen atoms in total. The summed E-state index contributed by atoms with van der Waals surface area (Å²) in [5.41, 5.74) is 2.05. The molecule has 1 aliphatic carbocycles. The minimum Gasteiger partial charge on any atom is -0.481 e. The van der Waals surface area contributed by atoms with E-state index in [1.807, 2.05) is 24.3 Å². The number of carboxylic acids is 1. The molecule has 1 aliphatic rings. The van der Waals surface area contributed by atoms with Crippen LogP contribution in [-0.2, 0) is 16.6 Å². The zero-order chi connectivity index (χ0) is 12.5. The lowest BCUT2D eigenvalue weighted by Crippen LogP contribution is -2.13. The summed E-state index contributed by atoms with van der Waals surface area (Å²) < 4.78 is 0. The van der Waals surface area contributed by atoms with Gasteiger partial charge in [0.25, 0.3) is 0 Å². The molecule has 1 aromatic rings. The molecule has 3 heteroatoms. The standard InChI is InChI=1S/C14H18O3/c1-10(15)7-11-3-2-4-12(8-11)14(5-6-14)9-13(16)17/h2-4,8,10,15H,5-7,9H2,1H3,(H,16,17). The molecule has 0 aliphatic heterocycles. The largest absolute Gasteiger partial charge is 0.481 e. The number of hydrogen-bond acceptors (Lipinski definition) is 2. The monoisotopic (exact) mass is 234 g/mol. The maximum atomic E-state index is 10.9. The first-order valence-electron chi connectivity index (χ1n) is 6.01. The lowest BCUT2D eigenvalue weighted by atomic mass is 9.90. The fraction of sp³-hybridized carbons (Fsp3) is 0.500. The quantitative estimate of drug-likeness (QED) is 0.820. The van der Waals surface area contributed by atoms with Gasteiger partial charge in [0.05, 0.1) is 12.5 Å². The Labute approximate surface area is 101 Å². The van der Waals surface area contributed by atoms with E-state index in [4.69, 9.17) is 5.11 Å². The van der Waals surface area contributed by atoms with Crippen molar-refractivity contribution in [2.75, 3.05) is 0 Å². The van der Waals surface area contributed by atoms with Crippen LogP contribution in [0.4, 0.5) is 0 Å². The Hall–Kier alpha value is -1.35. The van der Waals surface area contributed by atoms with E-state index >= 15 is 0 Å². The average molecular weight is 234 g/mol. The van der Waals surface area contributed by atoms with Crippen molar-refractivity contribution in [1.82, 2.24) is 0 Å². The normalized spacial score (nSPS) is 18.7. The molecule has 0 radical (unpaired) electrons. The predicted octanol–water partition coefficient (Wildman–Crippen LogP) is 2.12. The van der Waals surface area contributed by atoms with Gasteiger partial charge in [-0.1, -0.05) is 24.3 Å². The van der Waals surface area contributed by atoms with Gasteiger partial charge in [-0.15, -0.1) is 0 Å². The van der Waals surface area contributed by atoms with Crippen molar-refractivity contribution in [2.45, 2.75) is 44.1 Å². The second-order valence-electron chi connectivity index (χ2n) is 5.10. The molecular weight excluding hydrogens is 216 g/mol. The van der Waals surface area contributed by atoms with E-state index in [2.05, 4.69) is 0 Å². The van der Waals surface area contributed by atoms with E-state index in [0.717, 1.165) is 24.0 Å². The Morgan fingerprint density at radius 1 is 1.47 bits per heavy atom. The summed E-state index contributed by atoms with van der Waals surface area (Å²) >= 11 is 0. The molecule has 2 N–H and O–H groups in total. The molecule has 2 rings (SSSR count). The van der Waals surface area contributed by atoms with Crippen molar-refractivity contribution in [1.29, 1.82) is 0 Å². The third-order valence-corrected chi connectivity index (χ3v) is 3.41. The van der Waals surface area contributed by atoms with Crippen LogP contribution >= 0.6 is 0 Å². The number of benzene rings is 1. The summed E-state index contributed by atoms with van der Waals surface area (Å²) in [5.74, 6) is -0.733. The number of aliphatic carboxylic acids is 1. The molecule has 92 valence electrons. The fourth-order valence-electron chi connectivity index (χ4n) is 2.38. The van der Waals surface area contributed by atoms with Crippen molar-refractivity contribution >= 4 is 5.97 Å². The van der Waals surface area contributed by atoms with Gasteiger partial charge in [0.2, 0.25) is 0 Å². The number of hydrogen-bond donors (Lipinski definition) is 2. The Balaban J connectivity index is 2.18. The molecule has 1 fully saturated rings. The Morgan fingerprint density at radius 3 is 2.71 bits per heavy atom. The van der Waals surface area contributed by atoms with Crippen molar-refractivity contribution in [3.63, 3.8) is 0 Å².